The molecule has 33 heavy (non-hydrogen) atoms. The molecule has 0 saturated carbocycles. The summed E-state index contributed by atoms with van der Waals surface area (Å²) < 4.78 is 10.3. The number of fused-ring (bicyclic) bond motifs is 3. The molecule has 3 N–H and O–H groups in total. The van der Waals surface area contributed by atoms with E-state index in [2.05, 4.69) is 34.9 Å². The minimum absolute atomic E-state index is 0.0000471. The van der Waals surface area contributed by atoms with Crippen LogP contribution in [0.25, 0.3) is 11.1 Å². The van der Waals surface area contributed by atoms with Crippen LogP contribution in [0.2, 0.25) is 0 Å². The summed E-state index contributed by atoms with van der Waals surface area (Å²) in [7, 11) is 1.37. The zero-order chi connectivity index (χ0) is 23.8. The quantitative estimate of drug-likeness (QED) is 0.481. The molecule has 1 aliphatic carbocycles. The van der Waals surface area contributed by atoms with Gasteiger partial charge in [-0.25, -0.2) is 9.59 Å². The highest BCUT2D eigenvalue weighted by Gasteiger charge is 2.29. The fraction of sp³-hybridized carbons (Fsp3) is 0.400. The van der Waals surface area contributed by atoms with Gasteiger partial charge in [-0.3, -0.25) is 4.79 Å². The molecule has 0 fully saturated rings. The Morgan fingerprint density at radius 1 is 1.03 bits per heavy atom. The zero-order valence-electron chi connectivity index (χ0n) is 18.9. The summed E-state index contributed by atoms with van der Waals surface area (Å²) in [6.45, 7) is 2.36. The molecule has 1 unspecified atom stereocenters. The Labute approximate surface area is 193 Å². The highest BCUT2D eigenvalue weighted by molar-refractivity contribution is 5.83. The van der Waals surface area contributed by atoms with Gasteiger partial charge in [0, 0.05) is 26.0 Å². The number of carbonyl (C=O) groups is 3. The van der Waals surface area contributed by atoms with Crippen molar-refractivity contribution < 1.29 is 29.0 Å². The highest BCUT2D eigenvalue weighted by atomic mass is 16.5. The fourth-order valence-corrected chi connectivity index (χ4v) is 4.08. The lowest BCUT2D eigenvalue weighted by atomic mass is 9.98. The molecule has 2 aromatic carbocycles. The molecule has 2 aromatic rings. The van der Waals surface area contributed by atoms with Gasteiger partial charge in [0.05, 0.1) is 6.61 Å². The minimum Gasteiger partial charge on any atom is -0.480 e. The number of rotatable bonds is 11. The van der Waals surface area contributed by atoms with E-state index in [-0.39, 0.29) is 37.4 Å². The van der Waals surface area contributed by atoms with Crippen molar-refractivity contribution in [3.63, 3.8) is 0 Å². The van der Waals surface area contributed by atoms with Crippen LogP contribution in [-0.2, 0) is 19.1 Å². The summed E-state index contributed by atoms with van der Waals surface area (Å²) in [6.07, 6.45) is 0.207. The van der Waals surface area contributed by atoms with Crippen molar-refractivity contribution >= 4 is 18.0 Å². The first-order valence-electron chi connectivity index (χ1n) is 11.0. The minimum atomic E-state index is -1.14. The summed E-state index contributed by atoms with van der Waals surface area (Å²) in [5.74, 6) is -1.56. The first-order chi connectivity index (χ1) is 15.9. The largest absolute Gasteiger partial charge is 0.480 e. The maximum atomic E-state index is 12.2. The number of alkyl carbamates (subject to hydrolysis) is 1. The van der Waals surface area contributed by atoms with Crippen LogP contribution in [0.4, 0.5) is 4.79 Å². The van der Waals surface area contributed by atoms with Crippen LogP contribution in [0, 0.1) is 5.92 Å². The van der Waals surface area contributed by atoms with Crippen molar-refractivity contribution in [1.82, 2.24) is 10.6 Å². The van der Waals surface area contributed by atoms with Crippen molar-refractivity contribution in [2.75, 3.05) is 26.9 Å². The van der Waals surface area contributed by atoms with Gasteiger partial charge in [-0.05, 0) is 34.6 Å². The summed E-state index contributed by atoms with van der Waals surface area (Å²) in [6, 6.07) is 15.2. The Hall–Kier alpha value is -3.39. The van der Waals surface area contributed by atoms with E-state index in [0.717, 1.165) is 11.1 Å². The van der Waals surface area contributed by atoms with Gasteiger partial charge in [0.25, 0.3) is 0 Å². The Morgan fingerprint density at radius 2 is 1.64 bits per heavy atom. The normalized spacial score (nSPS) is 14.0. The average molecular weight is 455 g/mol. The van der Waals surface area contributed by atoms with Crippen LogP contribution in [0.5, 0.6) is 0 Å². The molecular weight excluding hydrogens is 424 g/mol. The number of aliphatic carboxylic acids is 1. The molecule has 3 rings (SSSR count). The second-order valence-electron chi connectivity index (χ2n) is 8.26. The third-order valence-corrected chi connectivity index (χ3v) is 5.75. The van der Waals surface area contributed by atoms with Crippen molar-refractivity contribution in [3.05, 3.63) is 59.7 Å². The van der Waals surface area contributed by atoms with Gasteiger partial charge in [-0.2, -0.15) is 0 Å². The van der Waals surface area contributed by atoms with Gasteiger partial charge < -0.3 is 25.2 Å². The van der Waals surface area contributed by atoms with Gasteiger partial charge in [-0.15, -0.1) is 0 Å². The summed E-state index contributed by atoms with van der Waals surface area (Å²) in [5.41, 5.74) is 4.65. The fourth-order valence-electron chi connectivity index (χ4n) is 4.08. The van der Waals surface area contributed by atoms with Crippen LogP contribution >= 0.6 is 0 Å². The topological polar surface area (TPSA) is 114 Å². The lowest BCUT2D eigenvalue weighted by Crippen LogP contribution is -2.44. The number of hydrogen-bond donors (Lipinski definition) is 3. The molecule has 0 heterocycles. The molecule has 1 aliphatic rings. The second kappa shape index (κ2) is 11.5. The number of nitrogens with one attached hydrogen (secondary N) is 2. The van der Waals surface area contributed by atoms with Gasteiger partial charge in [0.2, 0.25) is 5.91 Å². The van der Waals surface area contributed by atoms with Crippen molar-refractivity contribution in [2.24, 2.45) is 5.92 Å². The van der Waals surface area contributed by atoms with Crippen LogP contribution in [0.15, 0.2) is 48.5 Å². The third kappa shape index (κ3) is 6.32. The van der Waals surface area contributed by atoms with Gasteiger partial charge >= 0.3 is 12.1 Å². The molecule has 0 spiro atoms. The number of methoxy groups -OCH3 is 1. The van der Waals surface area contributed by atoms with E-state index >= 15 is 0 Å². The number of carboxylic acid groups (broad SMARTS) is 1. The number of hydrogen-bond acceptors (Lipinski definition) is 5. The smallest absolute Gasteiger partial charge is 0.407 e. The average Bonchev–Trinajstić information content (AvgIpc) is 3.11. The number of ether oxygens (including phenoxy) is 2. The van der Waals surface area contributed by atoms with Crippen molar-refractivity contribution in [3.8, 4) is 11.1 Å². The van der Waals surface area contributed by atoms with E-state index in [9.17, 15) is 14.4 Å². The van der Waals surface area contributed by atoms with E-state index in [1.54, 1.807) is 0 Å². The van der Waals surface area contributed by atoms with Crippen LogP contribution in [0.3, 0.4) is 0 Å². The predicted molar refractivity (Wildman–Crippen MR) is 123 cm³/mol. The number of carbonyl (C=O) groups excluding carboxylic acids is 2. The molecule has 0 saturated heterocycles. The van der Waals surface area contributed by atoms with E-state index < -0.39 is 18.1 Å². The monoisotopic (exact) mass is 454 g/mol. The maximum absolute atomic E-state index is 12.2. The molecule has 2 atom stereocenters. The Kier molecular flexibility index (Phi) is 8.43. The van der Waals surface area contributed by atoms with E-state index in [1.807, 2.05) is 31.2 Å². The maximum Gasteiger partial charge on any atom is 0.407 e. The number of carboxylic acids is 1. The molecular formula is C25H30N2O6. The van der Waals surface area contributed by atoms with Gasteiger partial charge in [0.1, 0.15) is 6.61 Å². The van der Waals surface area contributed by atoms with E-state index in [4.69, 9.17) is 14.6 Å². The first kappa shape index (κ1) is 24.3. The predicted octanol–water partition coefficient (Wildman–Crippen LogP) is 3.16. The Balaban J connectivity index is 1.41. The van der Waals surface area contributed by atoms with Crippen molar-refractivity contribution in [1.29, 1.82) is 0 Å². The molecule has 0 bridgehead atoms. The van der Waals surface area contributed by atoms with E-state index in [1.165, 1.54) is 18.2 Å². The van der Waals surface area contributed by atoms with Crippen LogP contribution in [0.1, 0.15) is 36.8 Å². The molecule has 0 radical (unpaired) electrons. The third-order valence-electron chi connectivity index (χ3n) is 5.75. The molecule has 8 heteroatoms. The zero-order valence-corrected chi connectivity index (χ0v) is 18.9. The molecule has 176 valence electrons. The lowest BCUT2D eigenvalue weighted by molar-refractivity contribution is -0.143. The summed E-state index contributed by atoms with van der Waals surface area (Å²) >= 11 is 0. The molecule has 2 amide bonds. The molecule has 8 nitrogen and oxygen atoms in total. The standard InChI is InChI=1S/C25H30N2O6/c1-16(13-23(28)27-22(15-32-2)24(29)30)11-12-26-25(31)33-14-21-19-9-5-3-7-17(19)18-8-4-6-10-20(18)21/h3-10,16,21-22H,11-15H2,1-2H3,(H,26,31)(H,27,28)(H,29,30)/t16?,22-/m0/s1. The lowest BCUT2D eigenvalue weighted by Gasteiger charge is -2.17. The van der Waals surface area contributed by atoms with Crippen LogP contribution < -0.4 is 10.6 Å². The SMILES string of the molecule is COC[C@H](NC(=O)CC(C)CCNC(=O)OCC1c2ccccc2-c2ccccc21)C(=O)O. The number of amides is 2. The van der Waals surface area contributed by atoms with Crippen LogP contribution in [-0.4, -0.2) is 56.0 Å². The number of benzene rings is 2. The van der Waals surface area contributed by atoms with Gasteiger partial charge in [-0.1, -0.05) is 55.5 Å². The summed E-state index contributed by atoms with van der Waals surface area (Å²) in [4.78, 5) is 35.4. The van der Waals surface area contributed by atoms with Gasteiger partial charge in [0.15, 0.2) is 6.04 Å². The second-order valence-corrected chi connectivity index (χ2v) is 8.26. The summed E-state index contributed by atoms with van der Waals surface area (Å²) in [5, 5.41) is 14.2. The molecule has 0 aliphatic heterocycles. The Morgan fingerprint density at radius 3 is 2.21 bits per heavy atom. The Bertz CT molecular complexity index is 947. The van der Waals surface area contributed by atoms with E-state index in [0.29, 0.717) is 13.0 Å². The van der Waals surface area contributed by atoms with Crippen molar-refractivity contribution in [2.45, 2.75) is 31.7 Å². The molecule has 0 aromatic heterocycles. The highest BCUT2D eigenvalue weighted by Crippen LogP contribution is 2.44. The first-order valence-corrected chi connectivity index (χ1v) is 11.0.